The maximum Gasteiger partial charge on any atom is 0.341 e. The minimum Gasteiger partial charge on any atom is -0.492 e. The number of fused-ring (bicyclic) bond motifs is 1. The van der Waals surface area contributed by atoms with Gasteiger partial charge in [0, 0.05) is 55.6 Å². The zero-order valence-electron chi connectivity index (χ0n) is 22.1. The lowest BCUT2D eigenvalue weighted by Crippen LogP contribution is -2.52. The van der Waals surface area contributed by atoms with E-state index >= 15 is 4.39 Å². The van der Waals surface area contributed by atoms with E-state index < -0.39 is 27.7 Å². The number of pyridine rings is 1. The Kier molecular flexibility index (Phi) is 6.56. The number of non-ortho nitro benzene ring substituents is 1. The molecule has 1 aliphatic carbocycles. The Morgan fingerprint density at radius 1 is 1.22 bits per heavy atom. The summed E-state index contributed by atoms with van der Waals surface area (Å²) >= 11 is 1.37. The number of carboxylic acids is 1. The summed E-state index contributed by atoms with van der Waals surface area (Å²) in [7, 11) is 1.42. The normalized spacial score (nSPS) is 17.2. The lowest BCUT2D eigenvalue weighted by atomic mass is 10.1. The second kappa shape index (κ2) is 10.1. The van der Waals surface area contributed by atoms with Crippen molar-refractivity contribution in [3.8, 4) is 16.3 Å². The van der Waals surface area contributed by atoms with Crippen molar-refractivity contribution in [1.29, 1.82) is 0 Å². The number of benzene rings is 2. The Morgan fingerprint density at radius 2 is 1.95 bits per heavy atom. The Balaban J connectivity index is 1.31. The lowest BCUT2D eigenvalue weighted by Gasteiger charge is -2.41. The number of anilines is 2. The largest absolute Gasteiger partial charge is 0.492 e. The fourth-order valence-electron chi connectivity index (χ4n) is 5.34. The van der Waals surface area contributed by atoms with E-state index in [4.69, 9.17) is 4.74 Å². The number of nitrogens with zero attached hydrogens (tertiary/aromatic N) is 6. The summed E-state index contributed by atoms with van der Waals surface area (Å²) in [5, 5.41) is 30.4. The third-order valence-electron chi connectivity index (χ3n) is 7.50. The number of nitro groups is 1. The molecule has 1 saturated heterocycles. The first-order chi connectivity index (χ1) is 19.7. The molecule has 0 spiro atoms. The van der Waals surface area contributed by atoms with Crippen LogP contribution in [0.4, 0.5) is 20.9 Å². The molecule has 1 N–H and O–H groups in total. The number of hydrogen-bond acceptors (Lipinski definition) is 10. The third kappa shape index (κ3) is 4.63. The number of carboxylic acid groups (broad SMARTS) is 1. The van der Waals surface area contributed by atoms with Crippen LogP contribution >= 0.6 is 11.3 Å². The highest BCUT2D eigenvalue weighted by molar-refractivity contribution is 7.18. The highest BCUT2D eigenvalue weighted by Crippen LogP contribution is 2.44. The summed E-state index contributed by atoms with van der Waals surface area (Å²) in [6, 6.07) is 7.17. The van der Waals surface area contributed by atoms with Gasteiger partial charge in [-0.05, 0) is 38.0 Å². The van der Waals surface area contributed by atoms with Crippen molar-refractivity contribution < 1.29 is 24.0 Å². The zero-order chi connectivity index (χ0) is 29.0. The molecule has 2 aliphatic rings. The van der Waals surface area contributed by atoms with Crippen LogP contribution in [0.3, 0.4) is 0 Å². The molecule has 0 amide bonds. The number of aromatic carboxylic acids is 1. The van der Waals surface area contributed by atoms with Gasteiger partial charge in [-0.15, -0.1) is 10.2 Å². The van der Waals surface area contributed by atoms with Crippen molar-refractivity contribution in [3.63, 3.8) is 0 Å². The third-order valence-corrected chi connectivity index (χ3v) is 8.51. The molecule has 1 saturated carbocycles. The van der Waals surface area contributed by atoms with E-state index in [1.165, 1.54) is 36.8 Å². The zero-order valence-corrected chi connectivity index (χ0v) is 22.9. The van der Waals surface area contributed by atoms with Crippen LogP contribution in [0.2, 0.25) is 0 Å². The fourth-order valence-corrected chi connectivity index (χ4v) is 6.32. The molecular formula is C27H25FN6O6S. The Morgan fingerprint density at radius 3 is 2.56 bits per heavy atom. The van der Waals surface area contributed by atoms with Gasteiger partial charge >= 0.3 is 5.97 Å². The van der Waals surface area contributed by atoms with Crippen LogP contribution < -0.4 is 20.0 Å². The van der Waals surface area contributed by atoms with Crippen LogP contribution in [0.25, 0.3) is 21.5 Å². The summed E-state index contributed by atoms with van der Waals surface area (Å²) in [6.45, 7) is 3.34. The van der Waals surface area contributed by atoms with Gasteiger partial charge in [0.15, 0.2) is 11.6 Å². The minimum atomic E-state index is -1.35. The van der Waals surface area contributed by atoms with Gasteiger partial charge in [0.25, 0.3) is 5.69 Å². The number of aromatic nitrogens is 3. The molecule has 1 atom stereocenters. The van der Waals surface area contributed by atoms with Gasteiger partial charge in [-0.1, -0.05) is 11.3 Å². The van der Waals surface area contributed by atoms with E-state index in [-0.39, 0.29) is 34.6 Å². The first kappa shape index (κ1) is 26.6. The average Bonchev–Trinajstić information content (AvgIpc) is 3.68. The monoisotopic (exact) mass is 580 g/mol. The number of halogens is 1. The Hall–Kier alpha value is -4.59. The molecule has 41 heavy (non-hydrogen) atoms. The smallest absolute Gasteiger partial charge is 0.341 e. The van der Waals surface area contributed by atoms with Gasteiger partial charge < -0.3 is 24.2 Å². The van der Waals surface area contributed by atoms with Crippen LogP contribution in [0.15, 0.2) is 41.3 Å². The molecular weight excluding hydrogens is 555 g/mol. The van der Waals surface area contributed by atoms with E-state index in [9.17, 15) is 24.8 Å². The molecule has 0 radical (unpaired) electrons. The first-order valence-corrected chi connectivity index (χ1v) is 13.8. The van der Waals surface area contributed by atoms with Crippen molar-refractivity contribution in [1.82, 2.24) is 14.8 Å². The molecule has 2 fully saturated rings. The minimum absolute atomic E-state index is 0.00367. The van der Waals surface area contributed by atoms with Crippen LogP contribution in [-0.2, 0) is 0 Å². The summed E-state index contributed by atoms with van der Waals surface area (Å²) < 4.78 is 23.2. The van der Waals surface area contributed by atoms with Crippen LogP contribution in [0.5, 0.6) is 5.75 Å². The molecule has 0 bridgehead atoms. The summed E-state index contributed by atoms with van der Waals surface area (Å²) in [5.41, 5.74) is 0.204. The lowest BCUT2D eigenvalue weighted by molar-refractivity contribution is -0.384. The summed E-state index contributed by atoms with van der Waals surface area (Å²) in [4.78, 5) is 39.2. The molecule has 212 valence electrons. The number of carbonyl (C=O) groups is 1. The van der Waals surface area contributed by atoms with Gasteiger partial charge in [-0.25, -0.2) is 9.18 Å². The van der Waals surface area contributed by atoms with E-state index in [1.54, 1.807) is 16.7 Å². The number of rotatable bonds is 7. The number of ether oxygens (including phenoxy) is 1. The van der Waals surface area contributed by atoms with Crippen LogP contribution in [0.1, 0.15) is 36.2 Å². The SMILES string of the molecule is COc1c(N2CCN(c3nnc(-c4ccc([N+](=O)[O-])cc4)s3)C(C)C2)c(F)cc2c(=O)c(C(=O)O)cn(C3CC3)c12. The van der Waals surface area contributed by atoms with E-state index in [2.05, 4.69) is 15.1 Å². The molecule has 1 aliphatic heterocycles. The van der Waals surface area contributed by atoms with Gasteiger partial charge in [0.05, 0.1) is 22.9 Å². The van der Waals surface area contributed by atoms with Crippen molar-refractivity contribution >= 4 is 44.7 Å². The van der Waals surface area contributed by atoms with Crippen molar-refractivity contribution in [2.24, 2.45) is 0 Å². The van der Waals surface area contributed by atoms with Gasteiger partial charge in [-0.2, -0.15) is 0 Å². The predicted molar refractivity (Wildman–Crippen MR) is 151 cm³/mol. The van der Waals surface area contributed by atoms with Crippen LogP contribution in [0, 0.1) is 15.9 Å². The number of nitro benzene ring substituents is 1. The summed E-state index contributed by atoms with van der Waals surface area (Å²) in [6.07, 6.45) is 2.99. The molecule has 12 nitrogen and oxygen atoms in total. The standard InChI is InChI=1S/C27H25FN6O6S/c1-14-12-31(9-10-32(14)27-30-29-25(41-27)15-3-5-17(6-4-15)34(38)39)22-20(28)11-18-21(24(22)40-2)33(16-7-8-16)13-19(23(18)35)26(36)37/h3-6,11,13-14,16H,7-10,12H2,1-2H3,(H,36,37). The molecule has 6 rings (SSSR count). The van der Waals surface area contributed by atoms with Gasteiger partial charge in [0.2, 0.25) is 10.6 Å². The molecule has 14 heteroatoms. The molecule has 3 heterocycles. The Bertz CT molecular complexity index is 1750. The highest BCUT2D eigenvalue weighted by Gasteiger charge is 2.34. The van der Waals surface area contributed by atoms with Gasteiger partial charge in [0.1, 0.15) is 16.3 Å². The second-order valence-electron chi connectivity index (χ2n) is 10.1. The predicted octanol–water partition coefficient (Wildman–Crippen LogP) is 4.32. The number of methoxy groups -OCH3 is 1. The van der Waals surface area contributed by atoms with Crippen LogP contribution in [-0.4, -0.2) is 63.5 Å². The number of hydrogen-bond donors (Lipinski definition) is 1. The average molecular weight is 581 g/mol. The molecule has 2 aromatic carbocycles. The summed E-state index contributed by atoms with van der Waals surface area (Å²) in [5.74, 6) is -1.81. The fraction of sp³-hybridized carbons (Fsp3) is 0.333. The molecule has 2 aromatic heterocycles. The maximum absolute atomic E-state index is 15.7. The molecule has 4 aromatic rings. The quantitative estimate of drug-likeness (QED) is 0.248. The van der Waals surface area contributed by atoms with Crippen molar-refractivity contribution in [2.75, 3.05) is 36.5 Å². The highest BCUT2D eigenvalue weighted by atomic mass is 32.1. The maximum atomic E-state index is 15.7. The van der Waals surface area contributed by atoms with E-state index in [0.717, 1.165) is 24.5 Å². The number of piperazine rings is 1. The van der Waals surface area contributed by atoms with Crippen molar-refractivity contribution in [3.05, 3.63) is 68.2 Å². The van der Waals surface area contributed by atoms with E-state index in [0.29, 0.717) is 35.3 Å². The second-order valence-corrected chi connectivity index (χ2v) is 11.1. The van der Waals surface area contributed by atoms with Crippen molar-refractivity contribution in [2.45, 2.75) is 31.8 Å². The Labute approximate surface area is 236 Å². The molecule has 1 unspecified atom stereocenters. The van der Waals surface area contributed by atoms with Gasteiger partial charge in [-0.3, -0.25) is 14.9 Å². The van der Waals surface area contributed by atoms with E-state index in [1.807, 2.05) is 11.8 Å². The topological polar surface area (TPSA) is 144 Å². The first-order valence-electron chi connectivity index (χ1n) is 13.0.